The molecule has 2 aromatic heterocycles. The molecule has 1 aliphatic heterocycles. The number of pyridine rings is 1. The van der Waals surface area contributed by atoms with E-state index < -0.39 is 17.5 Å². The molecule has 0 aliphatic carbocycles. The van der Waals surface area contributed by atoms with Crippen LogP contribution in [0.4, 0.5) is 0 Å². The van der Waals surface area contributed by atoms with Crippen molar-refractivity contribution in [2.75, 3.05) is 26.7 Å². The van der Waals surface area contributed by atoms with Crippen LogP contribution in [0.5, 0.6) is 5.75 Å². The zero-order valence-electron chi connectivity index (χ0n) is 19.9. The number of fused-ring (bicyclic) bond motifs is 1. The number of aliphatic hydroxyl groups excluding tert-OH is 1. The van der Waals surface area contributed by atoms with Gasteiger partial charge in [0.05, 0.1) is 35.6 Å². The third kappa shape index (κ3) is 5.65. The van der Waals surface area contributed by atoms with E-state index >= 15 is 0 Å². The van der Waals surface area contributed by atoms with Gasteiger partial charge in [0.25, 0.3) is 0 Å². The van der Waals surface area contributed by atoms with Crippen molar-refractivity contribution in [1.29, 1.82) is 0 Å². The van der Waals surface area contributed by atoms with E-state index in [1.807, 2.05) is 35.7 Å². The first-order valence-corrected chi connectivity index (χ1v) is 12.7. The molecular weight excluding hydrogens is 462 g/mol. The Labute approximate surface area is 209 Å². The number of carbonyl (C=O) groups is 1. The number of aliphatic carboxylic acids is 1. The Balaban J connectivity index is 1.46. The maximum atomic E-state index is 12.3. The molecule has 0 unspecified atom stereocenters. The van der Waals surface area contributed by atoms with Crippen LogP contribution in [0, 0.1) is 17.3 Å². The number of rotatable bonds is 8. The van der Waals surface area contributed by atoms with Gasteiger partial charge in [-0.1, -0.05) is 17.9 Å². The monoisotopic (exact) mass is 493 g/mol. The number of benzene rings is 1. The van der Waals surface area contributed by atoms with E-state index in [0.717, 1.165) is 21.3 Å². The molecular formula is C27H31N3O4S. The maximum Gasteiger partial charge on any atom is 0.309 e. The van der Waals surface area contributed by atoms with E-state index in [1.165, 1.54) is 0 Å². The Bertz CT molecular complexity index is 1220. The second kappa shape index (κ2) is 11.2. The number of aliphatic hydroxyl groups is 1. The minimum atomic E-state index is -0.859. The van der Waals surface area contributed by atoms with Crippen LogP contribution in [0.25, 0.3) is 10.9 Å². The third-order valence-electron chi connectivity index (χ3n) is 6.95. The molecule has 8 heteroatoms. The van der Waals surface area contributed by atoms with Gasteiger partial charge in [0.2, 0.25) is 0 Å². The predicted molar refractivity (Wildman–Crippen MR) is 137 cm³/mol. The molecule has 7 nitrogen and oxygen atoms in total. The van der Waals surface area contributed by atoms with E-state index in [-0.39, 0.29) is 6.54 Å². The van der Waals surface area contributed by atoms with Crippen molar-refractivity contribution in [3.8, 4) is 17.6 Å². The lowest BCUT2D eigenvalue weighted by atomic mass is 9.74. The third-order valence-corrected chi connectivity index (χ3v) is 7.74. The highest BCUT2D eigenvalue weighted by Crippen LogP contribution is 2.40. The summed E-state index contributed by atoms with van der Waals surface area (Å²) in [6.45, 7) is 2.20. The molecule has 1 aromatic carbocycles. The van der Waals surface area contributed by atoms with Crippen LogP contribution in [0.3, 0.4) is 0 Å². The van der Waals surface area contributed by atoms with Crippen molar-refractivity contribution < 1.29 is 19.7 Å². The molecule has 1 fully saturated rings. The van der Waals surface area contributed by atoms with Crippen LogP contribution in [0.2, 0.25) is 0 Å². The summed E-state index contributed by atoms with van der Waals surface area (Å²) < 4.78 is 5.36. The molecule has 0 radical (unpaired) electrons. The SMILES string of the molecule is COc1ccc2ncc(CN)c([C@H](O)CCC3(C(=O)O)CCN(CC#Cc4cccs4)CC3)c2c1. The number of ether oxygens (including phenoxy) is 1. The van der Waals surface area contributed by atoms with Crippen molar-refractivity contribution in [2.45, 2.75) is 38.3 Å². The van der Waals surface area contributed by atoms with Gasteiger partial charge in [-0.2, -0.15) is 0 Å². The van der Waals surface area contributed by atoms with E-state index in [2.05, 4.69) is 21.7 Å². The minimum Gasteiger partial charge on any atom is -0.497 e. The van der Waals surface area contributed by atoms with Crippen molar-refractivity contribution >= 4 is 28.2 Å². The number of nitrogens with two attached hydrogens (primary N) is 1. The minimum absolute atomic E-state index is 0.234. The first-order chi connectivity index (χ1) is 17.0. The fourth-order valence-electron chi connectivity index (χ4n) is 4.77. The molecule has 0 amide bonds. The zero-order chi connectivity index (χ0) is 24.8. The summed E-state index contributed by atoms with van der Waals surface area (Å²) >= 11 is 1.61. The van der Waals surface area contributed by atoms with Gasteiger partial charge in [-0.15, -0.1) is 11.3 Å². The highest BCUT2D eigenvalue weighted by Gasteiger charge is 2.41. The summed E-state index contributed by atoms with van der Waals surface area (Å²) in [6.07, 6.45) is 2.62. The average Bonchev–Trinajstić information content (AvgIpc) is 3.40. The number of carboxylic acid groups (broad SMARTS) is 1. The molecule has 1 atom stereocenters. The maximum absolute atomic E-state index is 12.3. The standard InChI is InChI=1S/C27H31N3O4S/c1-34-20-6-7-23-22(16-20)25(19(17-28)18-29-23)24(31)8-9-27(26(32)33)10-13-30(14-11-27)12-2-4-21-5-3-15-35-21/h3,5-7,15-16,18,24,31H,8-14,17,28H2,1H3,(H,32,33)/t24-/m1/s1. The number of methoxy groups -OCH3 is 1. The molecule has 0 bridgehead atoms. The van der Waals surface area contributed by atoms with Gasteiger partial charge in [0.15, 0.2) is 0 Å². The van der Waals surface area contributed by atoms with Crippen molar-refractivity contribution in [2.24, 2.45) is 11.1 Å². The van der Waals surface area contributed by atoms with Gasteiger partial charge < -0.3 is 20.7 Å². The molecule has 3 aromatic rings. The summed E-state index contributed by atoms with van der Waals surface area (Å²) in [5.41, 5.74) is 7.29. The summed E-state index contributed by atoms with van der Waals surface area (Å²) in [6, 6.07) is 9.49. The number of nitrogens with zero attached hydrogens (tertiary/aromatic N) is 2. The Morgan fingerprint density at radius 3 is 2.80 bits per heavy atom. The number of thiophene rings is 1. The van der Waals surface area contributed by atoms with Gasteiger partial charge in [-0.3, -0.25) is 14.7 Å². The zero-order valence-corrected chi connectivity index (χ0v) is 20.7. The summed E-state index contributed by atoms with van der Waals surface area (Å²) in [5, 5.41) is 24.1. The van der Waals surface area contributed by atoms with Crippen molar-refractivity contribution in [3.63, 3.8) is 0 Å². The van der Waals surface area contributed by atoms with Crippen LogP contribution in [0.1, 0.15) is 47.8 Å². The number of likely N-dealkylation sites (tertiary alicyclic amines) is 1. The Hall–Kier alpha value is -2.96. The first kappa shape index (κ1) is 25.1. The molecule has 3 heterocycles. The lowest BCUT2D eigenvalue weighted by molar-refractivity contribution is -0.153. The fourth-order valence-corrected chi connectivity index (χ4v) is 5.36. The highest BCUT2D eigenvalue weighted by molar-refractivity contribution is 7.10. The first-order valence-electron chi connectivity index (χ1n) is 11.8. The van der Waals surface area contributed by atoms with E-state index in [1.54, 1.807) is 24.6 Å². The smallest absolute Gasteiger partial charge is 0.309 e. The van der Waals surface area contributed by atoms with E-state index in [4.69, 9.17) is 10.5 Å². The molecule has 4 rings (SSSR count). The summed E-state index contributed by atoms with van der Waals surface area (Å²) in [5.74, 6) is 6.22. The number of piperidine rings is 1. The topological polar surface area (TPSA) is 109 Å². The van der Waals surface area contributed by atoms with Gasteiger partial charge in [0, 0.05) is 31.2 Å². The van der Waals surface area contributed by atoms with E-state index in [9.17, 15) is 15.0 Å². The molecule has 0 spiro atoms. The Morgan fingerprint density at radius 1 is 1.34 bits per heavy atom. The van der Waals surface area contributed by atoms with Crippen LogP contribution >= 0.6 is 11.3 Å². The molecule has 1 saturated heterocycles. The summed E-state index contributed by atoms with van der Waals surface area (Å²) in [4.78, 5) is 20.0. The summed E-state index contributed by atoms with van der Waals surface area (Å²) in [7, 11) is 1.59. The predicted octanol–water partition coefficient (Wildman–Crippen LogP) is 3.80. The van der Waals surface area contributed by atoms with Crippen LogP contribution in [0.15, 0.2) is 41.9 Å². The highest BCUT2D eigenvalue weighted by atomic mass is 32.1. The van der Waals surface area contributed by atoms with Crippen LogP contribution in [-0.4, -0.2) is 52.8 Å². The molecule has 35 heavy (non-hydrogen) atoms. The van der Waals surface area contributed by atoms with Crippen LogP contribution in [-0.2, 0) is 11.3 Å². The lowest BCUT2D eigenvalue weighted by Crippen LogP contribution is -2.44. The number of hydrogen-bond acceptors (Lipinski definition) is 7. The fraction of sp³-hybridized carbons (Fsp3) is 0.407. The van der Waals surface area contributed by atoms with E-state index in [0.29, 0.717) is 56.6 Å². The largest absolute Gasteiger partial charge is 0.497 e. The van der Waals surface area contributed by atoms with Gasteiger partial charge in [-0.05, 0) is 66.5 Å². The Kier molecular flexibility index (Phi) is 8.04. The van der Waals surface area contributed by atoms with Gasteiger partial charge >= 0.3 is 5.97 Å². The molecule has 184 valence electrons. The number of hydrogen-bond donors (Lipinski definition) is 3. The molecule has 0 saturated carbocycles. The van der Waals surface area contributed by atoms with Crippen LogP contribution < -0.4 is 10.5 Å². The molecule has 4 N–H and O–H groups in total. The normalized spacial score (nSPS) is 16.4. The lowest BCUT2D eigenvalue weighted by Gasteiger charge is -2.38. The van der Waals surface area contributed by atoms with Crippen molar-refractivity contribution in [1.82, 2.24) is 9.88 Å². The number of carboxylic acids is 1. The average molecular weight is 494 g/mol. The Morgan fingerprint density at radius 2 is 2.14 bits per heavy atom. The number of aromatic nitrogens is 1. The second-order valence-electron chi connectivity index (χ2n) is 8.98. The quantitative estimate of drug-likeness (QED) is 0.410. The second-order valence-corrected chi connectivity index (χ2v) is 9.93. The molecule has 1 aliphatic rings. The van der Waals surface area contributed by atoms with Crippen molar-refractivity contribution in [3.05, 3.63) is 57.9 Å². The van der Waals surface area contributed by atoms with Gasteiger partial charge in [-0.25, -0.2) is 0 Å². The van der Waals surface area contributed by atoms with Gasteiger partial charge in [0.1, 0.15) is 5.75 Å².